The third-order valence-corrected chi connectivity index (χ3v) is 10.8. The Morgan fingerprint density at radius 2 is 0.441 bits per heavy atom. The molecule has 0 aliphatic carbocycles. The number of fused-ring (bicyclic) bond motifs is 2. The van der Waals surface area contributed by atoms with Crippen molar-refractivity contribution in [1.29, 1.82) is 0 Å². The second kappa shape index (κ2) is 17.2. The van der Waals surface area contributed by atoms with Crippen LogP contribution in [0.5, 0.6) is 0 Å². The van der Waals surface area contributed by atoms with Gasteiger partial charge in [0.2, 0.25) is 0 Å². The highest BCUT2D eigenvalue weighted by Crippen LogP contribution is 2.38. The zero-order valence-corrected chi connectivity index (χ0v) is 33.2. The van der Waals surface area contributed by atoms with Gasteiger partial charge in [0.25, 0.3) is 0 Å². The van der Waals surface area contributed by atoms with Crippen LogP contribution in [0.25, 0.3) is 21.5 Å². The molecule has 0 fully saturated rings. The van der Waals surface area contributed by atoms with Crippen molar-refractivity contribution in [3.8, 4) is 0 Å². The van der Waals surface area contributed by atoms with Crippen LogP contribution in [0.15, 0.2) is 24.3 Å². The molecule has 7 aromatic carbocycles. The Labute approximate surface area is 361 Å². The number of quaternary nitrogens is 1. The molecule has 0 aliphatic rings. The highest BCUT2D eigenvalue weighted by Gasteiger charge is 2.52. The summed E-state index contributed by atoms with van der Waals surface area (Å²) < 4.78 is 367. The summed E-state index contributed by atoms with van der Waals surface area (Å²) in [5.41, 5.74) is -8.55. The minimum absolute atomic E-state index is 0.258. The van der Waals surface area contributed by atoms with Gasteiger partial charge in [-0.25, -0.2) is 105 Å². The van der Waals surface area contributed by atoms with Gasteiger partial charge in [-0.05, 0) is 23.1 Å². The quantitative estimate of drug-likeness (QED) is 0.0788. The van der Waals surface area contributed by atoms with Gasteiger partial charge in [0, 0.05) is 0 Å². The highest BCUT2D eigenvalue weighted by molar-refractivity contribution is 7.20. The van der Waals surface area contributed by atoms with Gasteiger partial charge in [0.05, 0.1) is 21.5 Å². The lowest BCUT2D eigenvalue weighted by molar-refractivity contribution is -0.254. The molecule has 0 saturated heterocycles. The zero-order valence-electron chi connectivity index (χ0n) is 33.2. The van der Waals surface area contributed by atoms with Gasteiger partial charge in [0.1, 0.15) is 58.4 Å². The molecule has 3 N–H and O–H groups in total. The van der Waals surface area contributed by atoms with E-state index < -0.39 is 189 Å². The fourth-order valence-corrected chi connectivity index (χ4v) is 7.64. The van der Waals surface area contributed by atoms with Crippen molar-refractivity contribution in [3.05, 3.63) is 169 Å². The summed E-state index contributed by atoms with van der Waals surface area (Å²) in [6, 6.07) is 8.39. The topological polar surface area (TPSA) is 27.6 Å². The van der Waals surface area contributed by atoms with Crippen molar-refractivity contribution in [2.24, 2.45) is 0 Å². The first-order chi connectivity index (χ1) is 31.3. The Balaban J connectivity index is 0.000000608. The van der Waals surface area contributed by atoms with Crippen molar-refractivity contribution in [2.45, 2.75) is 26.2 Å². The molecule has 1 nitrogen and oxygen atoms in total. The third kappa shape index (κ3) is 7.06. The maximum absolute atomic E-state index is 16.8. The highest BCUT2D eigenvalue weighted by atomic mass is 19.2. The van der Waals surface area contributed by atoms with E-state index in [9.17, 15) is 52.7 Å². The van der Waals surface area contributed by atoms with E-state index in [-0.39, 0.29) is 5.41 Å². The fourth-order valence-electron chi connectivity index (χ4n) is 7.64. The summed E-state index contributed by atoms with van der Waals surface area (Å²) in [7, 11) is 0. The fraction of sp³-hybridized carbons (Fsp3) is 0.0952. The first kappa shape index (κ1) is 50.8. The molecule has 0 unspecified atom stereocenters. The molecule has 68 heavy (non-hydrogen) atoms. The van der Waals surface area contributed by atoms with E-state index in [2.05, 4.69) is 50.8 Å². The maximum Gasteiger partial charge on any atom is 0.200 e. The molecule has 0 saturated carbocycles. The predicted octanol–water partition coefficient (Wildman–Crippen LogP) is 10.6. The largest absolute Gasteiger partial charge is 0.325 e. The van der Waals surface area contributed by atoms with Gasteiger partial charge in [-0.15, -0.1) is 21.9 Å². The van der Waals surface area contributed by atoms with Gasteiger partial charge in [-0.2, -0.15) is 0 Å². The Morgan fingerprint density at radius 3 is 0.691 bits per heavy atom. The minimum atomic E-state index is -7.60. The molecule has 0 radical (unpaired) electrons. The molecule has 0 spiro atoms. The summed E-state index contributed by atoms with van der Waals surface area (Å²) in [6.45, 7) is 6.64. The second-order valence-electron chi connectivity index (χ2n) is 15.5. The smallest absolute Gasteiger partial charge is 0.200 e. The van der Waals surface area contributed by atoms with E-state index in [0.29, 0.717) is 0 Å². The molecule has 0 amide bonds. The Morgan fingerprint density at radius 1 is 0.265 bits per heavy atom. The van der Waals surface area contributed by atoms with Crippen LogP contribution in [0.4, 0.5) is 111 Å². The van der Waals surface area contributed by atoms with Crippen LogP contribution in [0.1, 0.15) is 26.3 Å². The average Bonchev–Trinajstić information content (AvgIpc) is 3.28. The first-order valence-electron chi connectivity index (χ1n) is 18.1. The van der Waals surface area contributed by atoms with Gasteiger partial charge in [-0.1, -0.05) is 32.9 Å². The van der Waals surface area contributed by atoms with E-state index >= 15 is 52.7 Å². The summed E-state index contributed by atoms with van der Waals surface area (Å²) in [5.74, 6) is -86.2. The molecule has 26 heteroatoms. The second-order valence-corrected chi connectivity index (χ2v) is 15.5. The van der Waals surface area contributed by atoms with Crippen LogP contribution in [-0.4, -0.2) is 6.15 Å². The van der Waals surface area contributed by atoms with Crippen molar-refractivity contribution >= 4 is 55.2 Å². The van der Waals surface area contributed by atoms with E-state index in [0.717, 1.165) is 5.69 Å². The molecule has 7 aromatic rings. The van der Waals surface area contributed by atoms with Crippen molar-refractivity contribution in [2.75, 3.05) is 0 Å². The number of hydrogen-bond donors (Lipinski definition) is 1. The lowest BCUT2D eigenvalue weighted by Gasteiger charge is -2.45. The summed E-state index contributed by atoms with van der Waals surface area (Å²) >= 11 is 0. The van der Waals surface area contributed by atoms with Gasteiger partial charge in [-0.3, -0.25) is 0 Å². The molecule has 7 rings (SSSR count). The van der Waals surface area contributed by atoms with Gasteiger partial charge < -0.3 is 5.73 Å². The summed E-state index contributed by atoms with van der Waals surface area (Å²) in [4.78, 5) is 0. The zero-order chi connectivity index (χ0) is 51.5. The summed E-state index contributed by atoms with van der Waals surface area (Å²) in [5, 5.41) is -11.9. The molecule has 0 atom stereocenters. The van der Waals surface area contributed by atoms with Crippen LogP contribution in [-0.2, 0) is 5.41 Å². The first-order valence-corrected chi connectivity index (χ1v) is 18.1. The lowest BCUT2D eigenvalue weighted by atomic mass is 9.12. The maximum atomic E-state index is 16.8. The Bertz CT molecular complexity index is 3080. The van der Waals surface area contributed by atoms with Crippen LogP contribution >= 0.6 is 0 Å². The molecule has 0 aliphatic heterocycles. The Kier molecular flexibility index (Phi) is 12.8. The monoisotopic (exact) mass is 1000 g/mol. The summed E-state index contributed by atoms with van der Waals surface area (Å²) in [6.07, 6.45) is -7.60. The average molecular weight is 1000 g/mol. The van der Waals surface area contributed by atoms with Crippen LogP contribution in [0.2, 0.25) is 0 Å². The minimum Gasteiger partial charge on any atom is -0.325 e. The van der Waals surface area contributed by atoms with Crippen molar-refractivity contribution in [3.63, 3.8) is 0 Å². The molecule has 0 aromatic heterocycles. The van der Waals surface area contributed by atoms with E-state index in [4.69, 9.17) is 0 Å². The number of benzene rings is 7. The molecular formula is C42H16BF24N. The number of rotatable bonds is 4. The van der Waals surface area contributed by atoms with Gasteiger partial charge >= 0.3 is 0 Å². The predicted molar refractivity (Wildman–Crippen MR) is 192 cm³/mol. The molecule has 0 heterocycles. The lowest BCUT2D eigenvalue weighted by Crippen LogP contribution is -2.81. The third-order valence-electron chi connectivity index (χ3n) is 10.8. The van der Waals surface area contributed by atoms with Crippen molar-refractivity contribution in [1.82, 2.24) is 0 Å². The normalized spacial score (nSPS) is 12.1. The van der Waals surface area contributed by atoms with Crippen LogP contribution < -0.4 is 27.6 Å². The number of halogens is 24. The van der Waals surface area contributed by atoms with Crippen LogP contribution in [0, 0.1) is 140 Å². The SMILES string of the molecule is CC(C)(C)c1ccc([NH3+])cc1.Fc1c(F)c(F)c([B-](c2c(F)c(F)c(F)c(F)c2F)(c2c(F)c(F)c3c(F)c(F)c(F)c(F)c3c2F)c2c(F)c(F)c3c(F)c(F)c(F)c(F)c3c2F)c(F)c1F. The standard InChI is InChI=1S/C32BF24.C10H15N/c34-9-1-3(15(40)25(50)23(48)13(1)38)11(36)17(42)5(9)33(7-19(44)27(52)31(56)28(53)20(7)45,8-21(46)29(54)32(57)30(55)22(8)47)6-10(35)2-4(12(37)18(6)43)16(41)26(51)24(49)14(2)39;1-10(2,3)8-4-6-9(11)7-5-8/h;4-7H,11H2,1-3H3/q-1;/p+1. The molecular weight excluding hydrogens is 985 g/mol. The van der Waals surface area contributed by atoms with Gasteiger partial charge in [0.15, 0.2) is 93.1 Å². The molecule has 0 bridgehead atoms. The van der Waals surface area contributed by atoms with E-state index in [1.165, 1.54) is 5.56 Å². The van der Waals surface area contributed by atoms with Crippen LogP contribution in [0.3, 0.4) is 0 Å². The van der Waals surface area contributed by atoms with E-state index in [1.54, 1.807) is 0 Å². The van der Waals surface area contributed by atoms with Crippen molar-refractivity contribution < 1.29 is 111 Å². The number of hydrogen-bond acceptors (Lipinski definition) is 0. The van der Waals surface area contributed by atoms with E-state index in [1.807, 2.05) is 0 Å². The Hall–Kier alpha value is -6.60. The molecule has 360 valence electrons.